The molecule has 0 aromatic carbocycles. The first-order chi connectivity index (χ1) is 8.07. The molecular weight excluding hydrogens is 210 g/mol. The van der Waals surface area contributed by atoms with Crippen LogP contribution in [-0.2, 0) is 20.0 Å². The Hall–Kier alpha value is -0.830. The lowest BCUT2D eigenvalue weighted by atomic mass is 9.92. The van der Waals surface area contributed by atoms with Crippen LogP contribution in [-0.4, -0.2) is 16.3 Å². The molecular formula is C14H25N3. The number of aromatic nitrogens is 2. The highest BCUT2D eigenvalue weighted by atomic mass is 15.3. The van der Waals surface area contributed by atoms with E-state index in [-0.39, 0.29) is 0 Å². The lowest BCUT2D eigenvalue weighted by molar-refractivity contribution is 0.336. The highest BCUT2D eigenvalue weighted by molar-refractivity contribution is 5.10. The Labute approximate surface area is 105 Å². The molecule has 1 aliphatic rings. The first-order valence-corrected chi connectivity index (χ1v) is 6.80. The molecule has 0 spiro atoms. The summed E-state index contributed by atoms with van der Waals surface area (Å²) in [4.78, 5) is 0. The predicted octanol–water partition coefficient (Wildman–Crippen LogP) is 2.51. The molecule has 1 aromatic heterocycles. The van der Waals surface area contributed by atoms with E-state index in [1.165, 1.54) is 24.2 Å². The van der Waals surface area contributed by atoms with E-state index in [1.807, 2.05) is 11.7 Å². The molecule has 0 unspecified atom stereocenters. The average Bonchev–Trinajstić information content (AvgIpc) is 2.99. The summed E-state index contributed by atoms with van der Waals surface area (Å²) in [5, 5.41) is 8.07. The van der Waals surface area contributed by atoms with Gasteiger partial charge in [0.25, 0.3) is 0 Å². The van der Waals surface area contributed by atoms with Gasteiger partial charge < -0.3 is 5.32 Å². The van der Waals surface area contributed by atoms with Crippen molar-refractivity contribution in [2.75, 3.05) is 6.54 Å². The van der Waals surface area contributed by atoms with Crippen LogP contribution in [0, 0.1) is 11.3 Å². The number of aryl methyl sites for hydroxylation is 2. The molecule has 3 heteroatoms. The third-order valence-electron chi connectivity index (χ3n) is 4.29. The van der Waals surface area contributed by atoms with Crippen molar-refractivity contribution in [3.63, 3.8) is 0 Å². The van der Waals surface area contributed by atoms with Crippen LogP contribution in [0.3, 0.4) is 0 Å². The minimum atomic E-state index is 0.589. The topological polar surface area (TPSA) is 29.9 Å². The maximum atomic E-state index is 4.47. The zero-order valence-corrected chi connectivity index (χ0v) is 11.6. The molecule has 0 aliphatic heterocycles. The van der Waals surface area contributed by atoms with Crippen molar-refractivity contribution < 1.29 is 0 Å². The van der Waals surface area contributed by atoms with Gasteiger partial charge in [0.1, 0.15) is 0 Å². The molecule has 1 aliphatic carbocycles. The van der Waals surface area contributed by atoms with E-state index in [0.29, 0.717) is 5.41 Å². The smallest absolute Gasteiger partial charge is 0.0625 e. The quantitative estimate of drug-likeness (QED) is 0.821. The van der Waals surface area contributed by atoms with Crippen LogP contribution < -0.4 is 5.32 Å². The van der Waals surface area contributed by atoms with Gasteiger partial charge in [-0.15, -0.1) is 0 Å². The SMILES string of the molecule is CCc1cc(CNCC2(C(C)C)CC2)n(C)n1. The summed E-state index contributed by atoms with van der Waals surface area (Å²) in [5.41, 5.74) is 3.07. The molecule has 0 atom stereocenters. The van der Waals surface area contributed by atoms with Crippen molar-refractivity contribution in [1.29, 1.82) is 0 Å². The molecule has 0 radical (unpaired) electrons. The number of rotatable bonds is 6. The maximum Gasteiger partial charge on any atom is 0.0625 e. The zero-order chi connectivity index (χ0) is 12.5. The molecule has 3 nitrogen and oxygen atoms in total. The Bertz CT molecular complexity index is 375. The Balaban J connectivity index is 1.84. The van der Waals surface area contributed by atoms with Crippen LogP contribution in [0.4, 0.5) is 0 Å². The van der Waals surface area contributed by atoms with Crippen LogP contribution in [0.2, 0.25) is 0 Å². The van der Waals surface area contributed by atoms with Gasteiger partial charge in [-0.3, -0.25) is 4.68 Å². The van der Waals surface area contributed by atoms with Crippen molar-refractivity contribution in [2.24, 2.45) is 18.4 Å². The van der Waals surface area contributed by atoms with E-state index in [0.717, 1.165) is 25.4 Å². The van der Waals surface area contributed by atoms with E-state index in [9.17, 15) is 0 Å². The van der Waals surface area contributed by atoms with Gasteiger partial charge in [-0.25, -0.2) is 0 Å². The fourth-order valence-electron chi connectivity index (χ4n) is 2.47. The second-order valence-electron chi connectivity index (χ2n) is 5.72. The van der Waals surface area contributed by atoms with Gasteiger partial charge in [-0.1, -0.05) is 20.8 Å². The molecule has 96 valence electrons. The Morgan fingerprint density at radius 2 is 2.18 bits per heavy atom. The van der Waals surface area contributed by atoms with Crippen LogP contribution in [0.25, 0.3) is 0 Å². The summed E-state index contributed by atoms with van der Waals surface area (Å²) in [6.07, 6.45) is 3.80. The molecule has 0 amide bonds. The second-order valence-corrected chi connectivity index (χ2v) is 5.72. The summed E-state index contributed by atoms with van der Waals surface area (Å²) >= 11 is 0. The summed E-state index contributed by atoms with van der Waals surface area (Å²) in [6.45, 7) is 8.93. The van der Waals surface area contributed by atoms with E-state index < -0.39 is 0 Å². The van der Waals surface area contributed by atoms with Crippen molar-refractivity contribution in [3.05, 3.63) is 17.5 Å². The fourth-order valence-corrected chi connectivity index (χ4v) is 2.47. The molecule has 2 rings (SSSR count). The summed E-state index contributed by atoms with van der Waals surface area (Å²) in [6, 6.07) is 2.21. The van der Waals surface area contributed by atoms with Gasteiger partial charge in [0, 0.05) is 20.1 Å². The third-order valence-corrected chi connectivity index (χ3v) is 4.29. The van der Waals surface area contributed by atoms with Gasteiger partial charge in [0.2, 0.25) is 0 Å². The Morgan fingerprint density at radius 1 is 1.47 bits per heavy atom. The molecule has 0 bridgehead atoms. The maximum absolute atomic E-state index is 4.47. The monoisotopic (exact) mass is 235 g/mol. The molecule has 1 saturated carbocycles. The van der Waals surface area contributed by atoms with Crippen LogP contribution in [0.15, 0.2) is 6.07 Å². The molecule has 17 heavy (non-hydrogen) atoms. The second kappa shape index (κ2) is 4.81. The van der Waals surface area contributed by atoms with Gasteiger partial charge in [0.15, 0.2) is 0 Å². The van der Waals surface area contributed by atoms with Gasteiger partial charge in [-0.2, -0.15) is 5.10 Å². The van der Waals surface area contributed by atoms with Crippen LogP contribution >= 0.6 is 0 Å². The number of hydrogen-bond acceptors (Lipinski definition) is 2. The first-order valence-electron chi connectivity index (χ1n) is 6.80. The van der Waals surface area contributed by atoms with E-state index in [1.54, 1.807) is 0 Å². The van der Waals surface area contributed by atoms with Crippen molar-refractivity contribution in [3.8, 4) is 0 Å². The van der Waals surface area contributed by atoms with E-state index in [2.05, 4.69) is 37.3 Å². The van der Waals surface area contributed by atoms with Crippen molar-refractivity contribution in [1.82, 2.24) is 15.1 Å². The predicted molar refractivity (Wildman–Crippen MR) is 70.8 cm³/mol. The Morgan fingerprint density at radius 3 is 2.65 bits per heavy atom. The minimum Gasteiger partial charge on any atom is -0.311 e. The summed E-state index contributed by atoms with van der Waals surface area (Å²) in [7, 11) is 2.03. The minimum absolute atomic E-state index is 0.589. The standard InChI is InChI=1S/C14H25N3/c1-5-12-8-13(17(4)16-12)9-15-10-14(6-7-14)11(2)3/h8,11,15H,5-7,9-10H2,1-4H3. The van der Waals surface area contributed by atoms with Crippen molar-refractivity contribution in [2.45, 2.75) is 46.6 Å². The van der Waals surface area contributed by atoms with Gasteiger partial charge in [-0.05, 0) is 36.7 Å². The molecule has 1 N–H and O–H groups in total. The molecule has 1 fully saturated rings. The largest absolute Gasteiger partial charge is 0.311 e. The van der Waals surface area contributed by atoms with E-state index in [4.69, 9.17) is 0 Å². The van der Waals surface area contributed by atoms with Crippen LogP contribution in [0.5, 0.6) is 0 Å². The molecule has 1 heterocycles. The average molecular weight is 235 g/mol. The van der Waals surface area contributed by atoms with E-state index >= 15 is 0 Å². The van der Waals surface area contributed by atoms with Crippen molar-refractivity contribution >= 4 is 0 Å². The lowest BCUT2D eigenvalue weighted by Crippen LogP contribution is -2.27. The highest BCUT2D eigenvalue weighted by Gasteiger charge is 2.44. The molecule has 1 aromatic rings. The number of hydrogen-bond donors (Lipinski definition) is 1. The van der Waals surface area contributed by atoms with Gasteiger partial charge in [0.05, 0.1) is 11.4 Å². The molecule has 0 saturated heterocycles. The lowest BCUT2D eigenvalue weighted by Gasteiger charge is -2.20. The zero-order valence-electron chi connectivity index (χ0n) is 11.6. The summed E-state index contributed by atoms with van der Waals surface area (Å²) < 4.78 is 2.00. The fraction of sp³-hybridized carbons (Fsp3) is 0.786. The summed E-state index contributed by atoms with van der Waals surface area (Å²) in [5.74, 6) is 0.799. The number of nitrogens with zero attached hydrogens (tertiary/aromatic N) is 2. The van der Waals surface area contributed by atoms with Crippen LogP contribution in [0.1, 0.15) is 45.0 Å². The first kappa shape index (κ1) is 12.6. The number of nitrogens with one attached hydrogen (secondary N) is 1. The highest BCUT2D eigenvalue weighted by Crippen LogP contribution is 2.51. The Kier molecular flexibility index (Phi) is 3.57. The third kappa shape index (κ3) is 2.71. The normalized spacial score (nSPS) is 17.7. The van der Waals surface area contributed by atoms with Gasteiger partial charge >= 0.3 is 0 Å².